The Hall–Kier alpha value is -3.81. The largest absolute Gasteiger partial charge is 0.481 e. The average molecular weight is 529 g/mol. The predicted octanol–water partition coefficient (Wildman–Crippen LogP) is 5.05. The molecule has 0 amide bonds. The van der Waals surface area contributed by atoms with Crippen LogP contribution in [0.1, 0.15) is 30.9 Å². The number of nitrogens with zero attached hydrogens (tertiary/aromatic N) is 2. The Morgan fingerprint density at radius 1 is 1.03 bits per heavy atom. The topological polar surface area (TPSA) is 96.7 Å². The summed E-state index contributed by atoms with van der Waals surface area (Å²) < 4.78 is 65.2. The minimum absolute atomic E-state index is 0.0630. The van der Waals surface area contributed by atoms with E-state index in [1.54, 1.807) is 18.2 Å². The van der Waals surface area contributed by atoms with Crippen molar-refractivity contribution in [1.82, 2.24) is 4.31 Å². The molecule has 0 spiro atoms. The van der Waals surface area contributed by atoms with Crippen LogP contribution in [0.25, 0.3) is 11.1 Å². The van der Waals surface area contributed by atoms with Crippen LogP contribution in [-0.2, 0) is 26.1 Å². The van der Waals surface area contributed by atoms with Gasteiger partial charge in [0.2, 0.25) is 10.0 Å². The van der Waals surface area contributed by atoms with E-state index in [-0.39, 0.29) is 36.0 Å². The molecule has 0 saturated carbocycles. The maximum Gasteiger partial charge on any atom is 0.344 e. The fourth-order valence-electron chi connectivity index (χ4n) is 3.47. The van der Waals surface area contributed by atoms with Gasteiger partial charge in [-0.25, -0.2) is 22.0 Å². The molecule has 194 valence electrons. The maximum atomic E-state index is 14.2. The van der Waals surface area contributed by atoms with E-state index < -0.39 is 27.6 Å². The van der Waals surface area contributed by atoms with Crippen LogP contribution in [0.2, 0.25) is 0 Å². The summed E-state index contributed by atoms with van der Waals surface area (Å²) in [6, 6.07) is 14.9. The van der Waals surface area contributed by atoms with E-state index in [4.69, 9.17) is 9.47 Å². The Morgan fingerprint density at radius 2 is 1.76 bits per heavy atom. The van der Waals surface area contributed by atoms with Crippen LogP contribution in [0.5, 0.6) is 5.75 Å². The molecule has 0 aromatic heterocycles. The highest BCUT2D eigenvalue weighted by Crippen LogP contribution is 2.33. The molecule has 0 heterocycles. The maximum absolute atomic E-state index is 14.2. The van der Waals surface area contributed by atoms with Crippen LogP contribution >= 0.6 is 0 Å². The smallest absolute Gasteiger partial charge is 0.344 e. The second-order valence-corrected chi connectivity index (χ2v) is 10.3. The lowest BCUT2D eigenvalue weighted by molar-refractivity contribution is -0.146. The van der Waals surface area contributed by atoms with Crippen LogP contribution in [0.4, 0.5) is 8.78 Å². The van der Waals surface area contributed by atoms with Gasteiger partial charge in [-0.15, -0.1) is 0 Å². The van der Waals surface area contributed by atoms with Gasteiger partial charge in [0.05, 0.1) is 23.1 Å². The number of halogens is 2. The molecule has 0 unspecified atom stereocenters. The van der Waals surface area contributed by atoms with Crippen molar-refractivity contribution >= 4 is 16.0 Å². The zero-order valence-electron chi connectivity index (χ0n) is 20.4. The van der Waals surface area contributed by atoms with E-state index >= 15 is 0 Å². The van der Waals surface area contributed by atoms with Crippen molar-refractivity contribution in [2.24, 2.45) is 0 Å². The molecule has 37 heavy (non-hydrogen) atoms. The summed E-state index contributed by atoms with van der Waals surface area (Å²) in [4.78, 5) is 12.0. The van der Waals surface area contributed by atoms with Gasteiger partial charge in [-0.3, -0.25) is 0 Å². The number of nitriles is 1. The Morgan fingerprint density at radius 3 is 2.43 bits per heavy atom. The number of sulfonamides is 1. The molecule has 3 aromatic carbocycles. The molecule has 0 atom stereocenters. The van der Waals surface area contributed by atoms with E-state index in [0.29, 0.717) is 16.7 Å². The summed E-state index contributed by atoms with van der Waals surface area (Å²) in [6.45, 7) is 1.80. The van der Waals surface area contributed by atoms with Gasteiger partial charge < -0.3 is 9.47 Å². The van der Waals surface area contributed by atoms with E-state index in [1.807, 2.05) is 13.0 Å². The summed E-state index contributed by atoms with van der Waals surface area (Å²) in [7, 11) is -2.54. The zero-order valence-corrected chi connectivity index (χ0v) is 21.2. The highest BCUT2D eigenvalue weighted by atomic mass is 32.2. The van der Waals surface area contributed by atoms with Crippen molar-refractivity contribution in [3.8, 4) is 22.9 Å². The molecule has 0 fully saturated rings. The number of unbranched alkanes of at least 4 members (excludes halogenated alkanes) is 1. The number of ether oxygens (including phenoxy) is 2. The summed E-state index contributed by atoms with van der Waals surface area (Å²) in [5, 5.41) is 9.26. The van der Waals surface area contributed by atoms with Gasteiger partial charge in [-0.1, -0.05) is 19.4 Å². The molecule has 0 radical (unpaired) electrons. The first-order valence-electron chi connectivity index (χ1n) is 11.5. The molecular formula is C27H26F2N2O5S. The van der Waals surface area contributed by atoms with Crippen molar-refractivity contribution in [2.75, 3.05) is 20.3 Å². The Bertz CT molecular complexity index is 1400. The summed E-state index contributed by atoms with van der Waals surface area (Å²) in [5.41, 5.74) is 1.30. The molecular weight excluding hydrogens is 502 g/mol. The molecule has 0 aliphatic carbocycles. The van der Waals surface area contributed by atoms with Gasteiger partial charge in [0.25, 0.3) is 0 Å². The second-order valence-electron chi connectivity index (χ2n) is 8.25. The molecule has 3 aromatic rings. The van der Waals surface area contributed by atoms with Gasteiger partial charge in [0.1, 0.15) is 17.4 Å². The molecule has 0 N–H and O–H groups in total. The Balaban J connectivity index is 1.91. The number of carbonyl (C=O) groups excluding carboxylic acids is 1. The van der Waals surface area contributed by atoms with E-state index in [0.717, 1.165) is 35.3 Å². The first-order valence-corrected chi connectivity index (χ1v) is 12.9. The summed E-state index contributed by atoms with van der Waals surface area (Å²) in [6.07, 6.45) is 1.59. The molecule has 0 saturated heterocycles. The summed E-state index contributed by atoms with van der Waals surface area (Å²) in [5.74, 6) is -1.52. The third kappa shape index (κ3) is 7.35. The lowest BCUT2D eigenvalue weighted by Gasteiger charge is -2.19. The van der Waals surface area contributed by atoms with Crippen molar-refractivity contribution in [2.45, 2.75) is 31.2 Å². The summed E-state index contributed by atoms with van der Waals surface area (Å²) >= 11 is 0. The standard InChI is InChI=1S/C27H26F2N2O5S/c1-3-4-11-35-27(32)18-36-26-10-5-19(14-25(26)21-12-20(16-30)13-23(29)15-21)17-31(2)37(33,34)24-8-6-22(28)7-9-24/h5-10,12-15H,3-4,11,17-18H2,1-2H3. The minimum atomic E-state index is -3.92. The monoisotopic (exact) mass is 528 g/mol. The lowest BCUT2D eigenvalue weighted by atomic mass is 10.00. The normalized spacial score (nSPS) is 11.2. The lowest BCUT2D eigenvalue weighted by Crippen LogP contribution is -2.26. The van der Waals surface area contributed by atoms with Crippen molar-refractivity contribution in [1.29, 1.82) is 5.26 Å². The number of hydrogen-bond donors (Lipinski definition) is 0. The fourth-order valence-corrected chi connectivity index (χ4v) is 4.63. The van der Waals surface area contributed by atoms with Crippen LogP contribution in [0, 0.1) is 23.0 Å². The molecule has 0 bridgehead atoms. The van der Waals surface area contributed by atoms with Crippen molar-refractivity contribution in [3.05, 3.63) is 83.4 Å². The van der Waals surface area contributed by atoms with E-state index in [1.165, 1.54) is 31.3 Å². The fraction of sp³-hybridized carbons (Fsp3) is 0.259. The average Bonchev–Trinajstić information content (AvgIpc) is 2.87. The number of rotatable bonds is 11. The van der Waals surface area contributed by atoms with Gasteiger partial charge in [0, 0.05) is 19.2 Å². The Kier molecular flexibility index (Phi) is 9.33. The van der Waals surface area contributed by atoms with E-state index in [2.05, 4.69) is 0 Å². The van der Waals surface area contributed by atoms with Gasteiger partial charge in [-0.05, 0) is 72.1 Å². The number of benzene rings is 3. The first-order chi connectivity index (χ1) is 17.6. The second kappa shape index (κ2) is 12.4. The van der Waals surface area contributed by atoms with Crippen molar-refractivity contribution in [3.63, 3.8) is 0 Å². The van der Waals surface area contributed by atoms with Crippen LogP contribution in [-0.4, -0.2) is 39.0 Å². The molecule has 7 nitrogen and oxygen atoms in total. The van der Waals surface area contributed by atoms with Crippen molar-refractivity contribution < 1.29 is 31.5 Å². The molecule has 0 aliphatic heterocycles. The molecule has 0 aliphatic rings. The highest BCUT2D eigenvalue weighted by Gasteiger charge is 2.22. The highest BCUT2D eigenvalue weighted by molar-refractivity contribution is 7.89. The first kappa shape index (κ1) is 27.8. The van der Waals surface area contributed by atoms with Gasteiger partial charge in [0.15, 0.2) is 6.61 Å². The Labute approximate surface area is 214 Å². The third-order valence-electron chi connectivity index (χ3n) is 5.42. The van der Waals surface area contributed by atoms with Gasteiger partial charge >= 0.3 is 5.97 Å². The van der Waals surface area contributed by atoms with Crippen LogP contribution in [0.3, 0.4) is 0 Å². The molecule has 3 rings (SSSR count). The SMILES string of the molecule is CCCCOC(=O)COc1ccc(CN(C)S(=O)(=O)c2ccc(F)cc2)cc1-c1cc(F)cc(C#N)c1. The molecule has 10 heteroatoms. The predicted molar refractivity (Wildman–Crippen MR) is 133 cm³/mol. The third-order valence-corrected chi connectivity index (χ3v) is 7.23. The van der Waals surface area contributed by atoms with Crippen LogP contribution in [0.15, 0.2) is 65.6 Å². The van der Waals surface area contributed by atoms with E-state index in [9.17, 15) is 27.3 Å². The number of carbonyl (C=O) groups is 1. The minimum Gasteiger partial charge on any atom is -0.481 e. The van der Waals surface area contributed by atoms with Crippen LogP contribution < -0.4 is 4.74 Å². The quantitative estimate of drug-likeness (QED) is 0.255. The number of esters is 1. The number of hydrogen-bond acceptors (Lipinski definition) is 6. The zero-order chi connectivity index (χ0) is 27.0. The van der Waals surface area contributed by atoms with Gasteiger partial charge in [-0.2, -0.15) is 9.57 Å².